The van der Waals surface area contributed by atoms with E-state index in [4.69, 9.17) is 4.74 Å². The molecule has 1 amide bonds. The van der Waals surface area contributed by atoms with Crippen LogP contribution in [0.3, 0.4) is 0 Å². The molecular formula is C15H18N4O2. The van der Waals surface area contributed by atoms with Crippen molar-refractivity contribution in [3.8, 4) is 0 Å². The number of nitrogens with one attached hydrogen (secondary N) is 1. The Morgan fingerprint density at radius 2 is 2.38 bits per heavy atom. The number of carbonyl (C=O) groups is 1. The van der Waals surface area contributed by atoms with Gasteiger partial charge >= 0.3 is 0 Å². The fraction of sp³-hybridized carbons (Fsp3) is 0.400. The Labute approximate surface area is 123 Å². The maximum atomic E-state index is 12.0. The van der Waals surface area contributed by atoms with Gasteiger partial charge in [0.15, 0.2) is 0 Å². The number of nitrogens with zero attached hydrogens (tertiary/aromatic N) is 3. The molecule has 0 spiro atoms. The smallest absolute Gasteiger partial charge is 0.257 e. The molecule has 6 nitrogen and oxygen atoms in total. The highest BCUT2D eigenvalue weighted by molar-refractivity contribution is 6.03. The van der Waals surface area contributed by atoms with Gasteiger partial charge in [0.05, 0.1) is 30.1 Å². The Balaban J connectivity index is 1.58. The molecule has 0 saturated carbocycles. The zero-order valence-corrected chi connectivity index (χ0v) is 11.7. The van der Waals surface area contributed by atoms with Crippen LogP contribution in [0.15, 0.2) is 36.9 Å². The zero-order chi connectivity index (χ0) is 14.5. The summed E-state index contributed by atoms with van der Waals surface area (Å²) in [6.07, 6.45) is 10.3. The van der Waals surface area contributed by atoms with Crippen LogP contribution in [0, 0.1) is 0 Å². The highest BCUT2D eigenvalue weighted by atomic mass is 16.5. The number of hydrogen-bond acceptors (Lipinski definition) is 4. The summed E-state index contributed by atoms with van der Waals surface area (Å²) in [6, 6.07) is 3.46. The average Bonchev–Trinajstić information content (AvgIpc) is 2.96. The lowest BCUT2D eigenvalue weighted by atomic mass is 10.1. The predicted octanol–water partition coefficient (Wildman–Crippen LogP) is 2.10. The van der Waals surface area contributed by atoms with Crippen molar-refractivity contribution in [1.29, 1.82) is 0 Å². The highest BCUT2D eigenvalue weighted by Crippen LogP contribution is 2.15. The molecule has 0 aromatic carbocycles. The van der Waals surface area contributed by atoms with Crippen molar-refractivity contribution in [2.24, 2.45) is 0 Å². The number of hydrogen-bond donors (Lipinski definition) is 1. The predicted molar refractivity (Wildman–Crippen MR) is 78.0 cm³/mol. The molecule has 2 aromatic rings. The minimum atomic E-state index is -0.184. The number of amides is 1. The molecule has 2 aromatic heterocycles. The number of aromatic nitrogens is 3. The van der Waals surface area contributed by atoms with Crippen molar-refractivity contribution in [2.75, 3.05) is 11.9 Å². The van der Waals surface area contributed by atoms with E-state index in [2.05, 4.69) is 15.4 Å². The molecule has 1 N–H and O–H groups in total. The van der Waals surface area contributed by atoms with Gasteiger partial charge in [-0.3, -0.25) is 14.5 Å². The van der Waals surface area contributed by atoms with E-state index >= 15 is 0 Å². The van der Waals surface area contributed by atoms with Gasteiger partial charge in [-0.05, 0) is 31.4 Å². The Bertz CT molecular complexity index is 591. The summed E-state index contributed by atoms with van der Waals surface area (Å²) in [5, 5.41) is 7.08. The first-order chi connectivity index (χ1) is 10.3. The number of rotatable bonds is 4. The minimum Gasteiger partial charge on any atom is -0.376 e. The molecule has 1 unspecified atom stereocenters. The van der Waals surface area contributed by atoms with E-state index in [0.29, 0.717) is 11.3 Å². The number of anilines is 1. The lowest BCUT2D eigenvalue weighted by Gasteiger charge is -2.22. The van der Waals surface area contributed by atoms with Crippen molar-refractivity contribution in [3.05, 3.63) is 42.5 Å². The van der Waals surface area contributed by atoms with Crippen LogP contribution in [0.1, 0.15) is 29.6 Å². The molecule has 0 radical (unpaired) electrons. The van der Waals surface area contributed by atoms with Gasteiger partial charge in [-0.25, -0.2) is 0 Å². The average molecular weight is 286 g/mol. The molecule has 1 aliphatic heterocycles. The monoisotopic (exact) mass is 286 g/mol. The summed E-state index contributed by atoms with van der Waals surface area (Å²) in [4.78, 5) is 15.9. The van der Waals surface area contributed by atoms with Gasteiger partial charge in [0, 0.05) is 25.2 Å². The van der Waals surface area contributed by atoms with Crippen LogP contribution in [0.5, 0.6) is 0 Å². The van der Waals surface area contributed by atoms with E-state index in [1.807, 2.05) is 10.9 Å². The molecule has 3 heterocycles. The van der Waals surface area contributed by atoms with Crippen molar-refractivity contribution in [2.45, 2.75) is 31.9 Å². The molecule has 110 valence electrons. The van der Waals surface area contributed by atoms with Crippen LogP contribution in [0.25, 0.3) is 0 Å². The molecular weight excluding hydrogens is 268 g/mol. The first-order valence-corrected chi connectivity index (χ1v) is 7.17. The van der Waals surface area contributed by atoms with Crippen molar-refractivity contribution < 1.29 is 9.53 Å². The van der Waals surface area contributed by atoms with Crippen molar-refractivity contribution in [1.82, 2.24) is 14.8 Å². The minimum absolute atomic E-state index is 0.184. The normalized spacial score (nSPS) is 18.4. The van der Waals surface area contributed by atoms with E-state index in [-0.39, 0.29) is 12.0 Å². The van der Waals surface area contributed by atoms with Crippen LogP contribution in [-0.2, 0) is 11.3 Å². The van der Waals surface area contributed by atoms with Gasteiger partial charge in [0.25, 0.3) is 5.91 Å². The standard InChI is InChI=1S/C15H18N4O2/c20-15(12-4-3-6-16-8-12)18-13-9-17-19(10-13)11-14-5-1-2-7-21-14/h3-4,6,8-10,14H,1-2,5,7,11H2,(H,18,20). The first kappa shape index (κ1) is 13.8. The second-order valence-corrected chi connectivity index (χ2v) is 5.14. The third kappa shape index (κ3) is 3.66. The lowest BCUT2D eigenvalue weighted by Crippen LogP contribution is -2.24. The number of ether oxygens (including phenoxy) is 1. The molecule has 1 atom stereocenters. The number of carbonyl (C=O) groups excluding carboxylic acids is 1. The van der Waals surface area contributed by atoms with E-state index in [0.717, 1.165) is 26.0 Å². The summed E-state index contributed by atoms with van der Waals surface area (Å²) < 4.78 is 7.50. The van der Waals surface area contributed by atoms with Crippen LogP contribution in [0.2, 0.25) is 0 Å². The third-order valence-electron chi connectivity index (χ3n) is 3.48. The first-order valence-electron chi connectivity index (χ1n) is 7.17. The van der Waals surface area contributed by atoms with Gasteiger partial charge in [0.2, 0.25) is 0 Å². The molecule has 6 heteroatoms. The summed E-state index contributed by atoms with van der Waals surface area (Å²) in [7, 11) is 0. The summed E-state index contributed by atoms with van der Waals surface area (Å²) in [5.41, 5.74) is 1.21. The Hall–Kier alpha value is -2.21. The highest BCUT2D eigenvalue weighted by Gasteiger charge is 2.15. The Morgan fingerprint density at radius 3 is 3.14 bits per heavy atom. The van der Waals surface area contributed by atoms with Crippen LogP contribution in [0.4, 0.5) is 5.69 Å². The molecule has 0 aliphatic carbocycles. The summed E-state index contributed by atoms with van der Waals surface area (Å²) in [5.74, 6) is -0.184. The lowest BCUT2D eigenvalue weighted by molar-refractivity contribution is 0.00401. The molecule has 21 heavy (non-hydrogen) atoms. The van der Waals surface area contributed by atoms with E-state index in [9.17, 15) is 4.79 Å². The van der Waals surface area contributed by atoms with Crippen LogP contribution >= 0.6 is 0 Å². The second-order valence-electron chi connectivity index (χ2n) is 5.14. The van der Waals surface area contributed by atoms with Crippen LogP contribution < -0.4 is 5.32 Å². The van der Waals surface area contributed by atoms with E-state index < -0.39 is 0 Å². The van der Waals surface area contributed by atoms with Gasteiger partial charge < -0.3 is 10.1 Å². The molecule has 0 bridgehead atoms. The summed E-state index contributed by atoms with van der Waals surface area (Å²) >= 11 is 0. The fourth-order valence-electron chi connectivity index (χ4n) is 2.39. The van der Waals surface area contributed by atoms with Gasteiger partial charge in [-0.1, -0.05) is 0 Å². The fourth-order valence-corrected chi connectivity index (χ4v) is 2.39. The van der Waals surface area contributed by atoms with E-state index in [1.54, 1.807) is 24.5 Å². The van der Waals surface area contributed by atoms with E-state index in [1.165, 1.54) is 12.6 Å². The number of pyridine rings is 1. The molecule has 1 saturated heterocycles. The molecule has 3 rings (SSSR count). The van der Waals surface area contributed by atoms with Gasteiger partial charge in [0.1, 0.15) is 0 Å². The SMILES string of the molecule is O=C(Nc1cnn(CC2CCCCO2)c1)c1cccnc1. The largest absolute Gasteiger partial charge is 0.376 e. The van der Waals surface area contributed by atoms with Gasteiger partial charge in [-0.2, -0.15) is 5.10 Å². The summed E-state index contributed by atoms with van der Waals surface area (Å²) in [6.45, 7) is 1.55. The molecule has 1 fully saturated rings. The quantitative estimate of drug-likeness (QED) is 0.934. The van der Waals surface area contributed by atoms with Crippen molar-refractivity contribution in [3.63, 3.8) is 0 Å². The van der Waals surface area contributed by atoms with Crippen molar-refractivity contribution >= 4 is 11.6 Å². The maximum Gasteiger partial charge on any atom is 0.257 e. The Kier molecular flexibility index (Phi) is 4.25. The third-order valence-corrected chi connectivity index (χ3v) is 3.48. The van der Waals surface area contributed by atoms with Crippen LogP contribution in [-0.4, -0.2) is 33.4 Å². The maximum absolute atomic E-state index is 12.0. The topological polar surface area (TPSA) is 69.0 Å². The second kappa shape index (κ2) is 6.49. The Morgan fingerprint density at radius 1 is 1.43 bits per heavy atom. The molecule has 1 aliphatic rings. The zero-order valence-electron chi connectivity index (χ0n) is 11.7. The van der Waals surface area contributed by atoms with Gasteiger partial charge in [-0.15, -0.1) is 0 Å².